The molecule has 3 aromatic heterocycles. The van der Waals surface area contributed by atoms with Gasteiger partial charge in [0.05, 0.1) is 17.3 Å². The first-order valence-corrected chi connectivity index (χ1v) is 10.5. The molecule has 31 heavy (non-hydrogen) atoms. The fourth-order valence-corrected chi connectivity index (χ4v) is 4.84. The molecule has 3 aliphatic heterocycles. The van der Waals surface area contributed by atoms with Crippen LogP contribution in [-0.4, -0.2) is 50.0 Å². The lowest BCUT2D eigenvalue weighted by molar-refractivity contribution is -0.00868. The quantitative estimate of drug-likeness (QED) is 0.558. The van der Waals surface area contributed by atoms with E-state index >= 15 is 0 Å². The van der Waals surface area contributed by atoms with Gasteiger partial charge in [0.15, 0.2) is 0 Å². The van der Waals surface area contributed by atoms with Gasteiger partial charge in [0.1, 0.15) is 17.8 Å². The van der Waals surface area contributed by atoms with Crippen LogP contribution >= 0.6 is 0 Å². The standard InChI is InChI=1S/C24H21N7/c25-10-16-1-3-17(4-2-16)12-31-19-9-20(31)14-30(13-19)22-6-5-18(11-27-22)23-21-7-8-26-24(21)29-15-28-23/h1-8,11,15,19-20H,9,12-14H2,(H,26,28,29). The van der Waals surface area contributed by atoms with Gasteiger partial charge in [0, 0.05) is 55.1 Å². The average Bonchev–Trinajstić information content (AvgIpc) is 3.32. The number of nitriles is 1. The molecule has 3 aliphatic rings. The second-order valence-electron chi connectivity index (χ2n) is 8.30. The molecule has 0 aliphatic carbocycles. The summed E-state index contributed by atoms with van der Waals surface area (Å²) in [4.78, 5) is 21.6. The van der Waals surface area contributed by atoms with Crippen molar-refractivity contribution in [3.8, 4) is 17.3 Å². The normalized spacial score (nSPS) is 20.4. The Morgan fingerprint density at radius 1 is 1.00 bits per heavy atom. The summed E-state index contributed by atoms with van der Waals surface area (Å²) in [6.07, 6.45) is 6.63. The summed E-state index contributed by atoms with van der Waals surface area (Å²) in [5.41, 5.74) is 4.73. The third kappa shape index (κ3) is 3.13. The molecule has 4 aromatic rings. The number of pyridine rings is 1. The van der Waals surface area contributed by atoms with Gasteiger partial charge >= 0.3 is 0 Å². The Labute approximate surface area is 180 Å². The number of aromatic amines is 1. The zero-order chi connectivity index (χ0) is 20.8. The van der Waals surface area contributed by atoms with Crippen molar-refractivity contribution < 1.29 is 0 Å². The highest BCUT2D eigenvalue weighted by molar-refractivity contribution is 5.90. The molecule has 7 rings (SSSR count). The summed E-state index contributed by atoms with van der Waals surface area (Å²) < 4.78 is 0. The number of piperazine rings is 1. The van der Waals surface area contributed by atoms with Crippen molar-refractivity contribution >= 4 is 16.9 Å². The summed E-state index contributed by atoms with van der Waals surface area (Å²) in [6.45, 7) is 2.94. The van der Waals surface area contributed by atoms with Gasteiger partial charge in [-0.25, -0.2) is 15.0 Å². The van der Waals surface area contributed by atoms with Crippen molar-refractivity contribution in [1.29, 1.82) is 5.26 Å². The number of rotatable bonds is 4. The van der Waals surface area contributed by atoms with E-state index in [0.717, 1.165) is 47.7 Å². The van der Waals surface area contributed by atoms with Gasteiger partial charge in [-0.2, -0.15) is 5.26 Å². The Bertz CT molecular complexity index is 1260. The van der Waals surface area contributed by atoms with E-state index in [1.165, 1.54) is 12.0 Å². The number of anilines is 1. The highest BCUT2D eigenvalue weighted by Crippen LogP contribution is 2.36. The Morgan fingerprint density at radius 2 is 1.84 bits per heavy atom. The lowest BCUT2D eigenvalue weighted by Crippen LogP contribution is -2.68. The highest BCUT2D eigenvalue weighted by Gasteiger charge is 2.44. The summed E-state index contributed by atoms with van der Waals surface area (Å²) >= 11 is 0. The SMILES string of the molecule is N#Cc1ccc(CN2C3CC2CN(c2ccc(-c4ncnc5[nH]ccc45)cn2)C3)cc1. The molecule has 0 radical (unpaired) electrons. The van der Waals surface area contributed by atoms with Crippen LogP contribution in [0.25, 0.3) is 22.3 Å². The number of fused-ring (bicyclic) bond motifs is 3. The molecule has 1 aromatic carbocycles. The topological polar surface area (TPSA) is 84.7 Å². The van der Waals surface area contributed by atoms with Crippen LogP contribution in [0.2, 0.25) is 0 Å². The number of aromatic nitrogens is 4. The molecule has 7 nitrogen and oxygen atoms in total. The van der Waals surface area contributed by atoms with E-state index in [1.807, 2.05) is 30.6 Å². The van der Waals surface area contributed by atoms with Crippen LogP contribution in [0.1, 0.15) is 17.5 Å². The molecular weight excluding hydrogens is 386 g/mol. The van der Waals surface area contributed by atoms with Crippen molar-refractivity contribution in [2.75, 3.05) is 18.0 Å². The van der Waals surface area contributed by atoms with E-state index < -0.39 is 0 Å². The Kier molecular flexibility index (Phi) is 4.18. The Balaban J connectivity index is 1.15. The number of nitrogens with one attached hydrogen (secondary N) is 1. The lowest BCUT2D eigenvalue weighted by atomic mass is 9.86. The van der Waals surface area contributed by atoms with Crippen LogP contribution in [0.15, 0.2) is 61.2 Å². The van der Waals surface area contributed by atoms with Crippen molar-refractivity contribution in [1.82, 2.24) is 24.8 Å². The van der Waals surface area contributed by atoms with E-state index in [-0.39, 0.29) is 0 Å². The van der Waals surface area contributed by atoms with Gasteiger partial charge in [-0.05, 0) is 42.3 Å². The zero-order valence-corrected chi connectivity index (χ0v) is 16.9. The molecule has 6 heterocycles. The smallest absolute Gasteiger partial charge is 0.141 e. The van der Waals surface area contributed by atoms with Gasteiger partial charge < -0.3 is 9.88 Å². The molecule has 2 atom stereocenters. The minimum absolute atomic E-state index is 0.553. The fourth-order valence-electron chi connectivity index (χ4n) is 4.84. The first kappa shape index (κ1) is 18.0. The van der Waals surface area contributed by atoms with Crippen LogP contribution in [0.3, 0.4) is 0 Å². The Morgan fingerprint density at radius 3 is 2.58 bits per heavy atom. The highest BCUT2D eigenvalue weighted by atomic mass is 15.4. The van der Waals surface area contributed by atoms with Crippen molar-refractivity contribution in [2.45, 2.75) is 25.0 Å². The monoisotopic (exact) mass is 407 g/mol. The zero-order valence-electron chi connectivity index (χ0n) is 16.9. The van der Waals surface area contributed by atoms with Crippen LogP contribution in [0, 0.1) is 11.3 Å². The molecule has 2 bridgehead atoms. The maximum absolute atomic E-state index is 8.98. The molecule has 2 unspecified atom stereocenters. The van der Waals surface area contributed by atoms with Crippen LogP contribution in [-0.2, 0) is 6.54 Å². The molecule has 152 valence electrons. The number of benzene rings is 1. The number of hydrogen-bond acceptors (Lipinski definition) is 6. The molecular formula is C24H21N7. The second-order valence-corrected chi connectivity index (χ2v) is 8.30. The molecule has 0 saturated carbocycles. The fraction of sp³-hybridized carbons (Fsp3) is 0.250. The third-order valence-electron chi connectivity index (χ3n) is 6.49. The number of H-pyrrole nitrogens is 1. The first-order chi connectivity index (χ1) is 15.3. The maximum atomic E-state index is 8.98. The van der Waals surface area contributed by atoms with Gasteiger partial charge in [-0.3, -0.25) is 4.90 Å². The maximum Gasteiger partial charge on any atom is 0.141 e. The van der Waals surface area contributed by atoms with Crippen molar-refractivity contribution in [3.05, 3.63) is 72.3 Å². The van der Waals surface area contributed by atoms with E-state index in [1.54, 1.807) is 6.33 Å². The van der Waals surface area contributed by atoms with E-state index in [4.69, 9.17) is 10.2 Å². The third-order valence-corrected chi connectivity index (χ3v) is 6.49. The van der Waals surface area contributed by atoms with Gasteiger partial charge in [0.25, 0.3) is 0 Å². The van der Waals surface area contributed by atoms with Crippen molar-refractivity contribution in [2.24, 2.45) is 0 Å². The first-order valence-electron chi connectivity index (χ1n) is 10.5. The lowest BCUT2D eigenvalue weighted by Gasteiger charge is -2.56. The predicted molar refractivity (Wildman–Crippen MR) is 118 cm³/mol. The van der Waals surface area contributed by atoms with Gasteiger partial charge in [-0.1, -0.05) is 12.1 Å². The number of piperidine rings is 1. The van der Waals surface area contributed by atoms with Crippen LogP contribution in [0.4, 0.5) is 5.82 Å². The summed E-state index contributed by atoms with van der Waals surface area (Å²) in [6, 6.07) is 17.4. The van der Waals surface area contributed by atoms with Gasteiger partial charge in [0.2, 0.25) is 0 Å². The van der Waals surface area contributed by atoms with E-state index in [0.29, 0.717) is 17.6 Å². The average molecular weight is 407 g/mol. The minimum atomic E-state index is 0.553. The second kappa shape index (κ2) is 7.18. The van der Waals surface area contributed by atoms with Crippen LogP contribution in [0.5, 0.6) is 0 Å². The van der Waals surface area contributed by atoms with E-state index in [9.17, 15) is 0 Å². The molecule has 3 fully saturated rings. The number of hydrogen-bond donors (Lipinski definition) is 1. The molecule has 3 saturated heterocycles. The van der Waals surface area contributed by atoms with Gasteiger partial charge in [-0.15, -0.1) is 0 Å². The molecule has 0 spiro atoms. The minimum Gasteiger partial charge on any atom is -0.353 e. The molecule has 0 amide bonds. The molecule has 1 N–H and O–H groups in total. The summed E-state index contributed by atoms with van der Waals surface area (Å²) in [5.74, 6) is 1.02. The number of nitrogens with zero attached hydrogens (tertiary/aromatic N) is 6. The Hall–Kier alpha value is -3.76. The molecule has 7 heteroatoms. The predicted octanol–water partition coefficient (Wildman–Crippen LogP) is 3.35. The van der Waals surface area contributed by atoms with Crippen LogP contribution < -0.4 is 4.90 Å². The largest absolute Gasteiger partial charge is 0.353 e. The summed E-state index contributed by atoms with van der Waals surface area (Å²) in [5, 5.41) is 9.98. The van der Waals surface area contributed by atoms with E-state index in [2.05, 4.69) is 55.1 Å². The summed E-state index contributed by atoms with van der Waals surface area (Å²) in [7, 11) is 0. The van der Waals surface area contributed by atoms with Crippen molar-refractivity contribution in [3.63, 3.8) is 0 Å².